The molecule has 0 atom stereocenters. The number of nitrogens with zero attached hydrogens (tertiary/aromatic N) is 9. The second-order valence-corrected chi connectivity index (χ2v) is 15.6. The lowest BCUT2D eigenvalue weighted by Crippen LogP contribution is -2.53. The first-order valence-corrected chi connectivity index (χ1v) is 19.4. The number of methoxy groups -OCH3 is 1. The van der Waals surface area contributed by atoms with E-state index in [0.717, 1.165) is 62.3 Å². The van der Waals surface area contributed by atoms with E-state index in [2.05, 4.69) is 85.2 Å². The number of sulfonamides is 1. The van der Waals surface area contributed by atoms with E-state index in [1.54, 1.807) is 36.3 Å². The van der Waals surface area contributed by atoms with Gasteiger partial charge in [0, 0.05) is 86.9 Å². The van der Waals surface area contributed by atoms with Crippen molar-refractivity contribution < 1.29 is 13.2 Å². The molecule has 2 saturated heterocycles. The molecule has 2 aromatic carbocycles. The minimum absolute atomic E-state index is 0.258. The molecular formula is C34H41BrN12O3S. The summed E-state index contributed by atoms with van der Waals surface area (Å²) in [6.45, 7) is 6.16. The van der Waals surface area contributed by atoms with Gasteiger partial charge in [0.15, 0.2) is 0 Å². The van der Waals surface area contributed by atoms with Crippen molar-refractivity contribution in [2.45, 2.75) is 18.9 Å². The van der Waals surface area contributed by atoms with Crippen molar-refractivity contribution in [3.63, 3.8) is 0 Å². The highest BCUT2D eigenvalue weighted by atomic mass is 79.9. The summed E-state index contributed by atoms with van der Waals surface area (Å²) in [5.41, 5.74) is 5.40. The summed E-state index contributed by atoms with van der Waals surface area (Å²) in [4.78, 5) is 25.5. The molecule has 2 aliphatic heterocycles. The van der Waals surface area contributed by atoms with Gasteiger partial charge in [0.05, 0.1) is 46.6 Å². The number of piperidine rings is 1. The maximum atomic E-state index is 12.3. The molecule has 17 heteroatoms. The fourth-order valence-electron chi connectivity index (χ4n) is 6.77. The molecule has 0 spiro atoms. The molecular weight excluding hydrogens is 736 g/mol. The molecule has 0 saturated carbocycles. The van der Waals surface area contributed by atoms with Crippen molar-refractivity contribution in [3.8, 4) is 16.9 Å². The highest BCUT2D eigenvalue weighted by molar-refractivity contribution is 9.10. The van der Waals surface area contributed by atoms with Crippen molar-refractivity contribution >= 4 is 71.5 Å². The summed E-state index contributed by atoms with van der Waals surface area (Å²) in [7, 11) is 2.13. The fourth-order valence-corrected chi connectivity index (χ4v) is 7.64. The van der Waals surface area contributed by atoms with E-state index in [1.165, 1.54) is 19.0 Å². The van der Waals surface area contributed by atoms with Crippen molar-refractivity contribution in [1.29, 1.82) is 0 Å². The molecule has 5 aromatic rings. The number of anilines is 6. The Labute approximate surface area is 305 Å². The summed E-state index contributed by atoms with van der Waals surface area (Å²) in [6.07, 6.45) is 12.1. The third-order valence-electron chi connectivity index (χ3n) is 9.36. The topological polar surface area (TPSA) is 159 Å². The van der Waals surface area contributed by atoms with Gasteiger partial charge in [0.1, 0.15) is 17.1 Å². The van der Waals surface area contributed by atoms with Gasteiger partial charge in [-0.2, -0.15) is 10.1 Å². The molecule has 5 heterocycles. The summed E-state index contributed by atoms with van der Waals surface area (Å²) in [6, 6.07) is 8.26. The van der Waals surface area contributed by atoms with Crippen LogP contribution >= 0.6 is 15.9 Å². The van der Waals surface area contributed by atoms with Gasteiger partial charge < -0.3 is 25.2 Å². The van der Waals surface area contributed by atoms with Crippen LogP contribution in [-0.2, 0) is 17.1 Å². The van der Waals surface area contributed by atoms with Crippen LogP contribution in [0.4, 0.5) is 34.5 Å². The van der Waals surface area contributed by atoms with Crippen LogP contribution in [0, 0.1) is 0 Å². The molecule has 0 bridgehead atoms. The van der Waals surface area contributed by atoms with Crippen LogP contribution in [0.25, 0.3) is 22.2 Å². The van der Waals surface area contributed by atoms with E-state index in [4.69, 9.17) is 9.72 Å². The van der Waals surface area contributed by atoms with E-state index in [9.17, 15) is 8.42 Å². The first kappa shape index (κ1) is 34.9. The zero-order chi connectivity index (χ0) is 35.7. The normalized spacial score (nSPS) is 16.4. The van der Waals surface area contributed by atoms with Gasteiger partial charge in [-0.25, -0.2) is 13.4 Å². The SMILES string of the molecule is COc1cc(N2CCN(C3CCN(C)CC3)CC2)c(-c2cnn(C)c2)cc1Nc1ncc(Br)c(Nc2ccc3nccnc3c2NS(C)(=O)=O)n1. The Bertz CT molecular complexity index is 2150. The molecule has 268 valence electrons. The second kappa shape index (κ2) is 14.6. The van der Waals surface area contributed by atoms with Gasteiger partial charge in [-0.3, -0.25) is 24.3 Å². The summed E-state index contributed by atoms with van der Waals surface area (Å²) >= 11 is 3.54. The number of piperazine rings is 1. The number of benzene rings is 2. The van der Waals surface area contributed by atoms with Gasteiger partial charge in [-0.05, 0) is 67.1 Å². The highest BCUT2D eigenvalue weighted by Crippen LogP contribution is 2.41. The molecule has 0 aliphatic carbocycles. The number of fused-ring (bicyclic) bond motifs is 1. The predicted octanol–water partition coefficient (Wildman–Crippen LogP) is 4.67. The standard InChI is InChI=1S/C34H41BrN12O3S/c1-44-11-7-23(8-12-44)46-13-15-47(16-14-46)29-18-30(50-3)28(17-24(29)22-19-39-45(2)21-22)41-34-38-20-25(35)33(42-34)40-27-6-5-26-31(37-10-9-36-26)32(27)43-51(4,48)49/h5-6,9-10,17-21,23,43H,7-8,11-16H2,1-4H3,(H2,38,40,41,42). The molecule has 7 rings (SSSR count). The summed E-state index contributed by atoms with van der Waals surface area (Å²) < 4.78 is 35.5. The van der Waals surface area contributed by atoms with Crippen LogP contribution in [-0.4, -0.2) is 114 Å². The maximum Gasteiger partial charge on any atom is 0.229 e. The Morgan fingerprint density at radius 1 is 0.922 bits per heavy atom. The number of aryl methyl sites for hydroxylation is 1. The molecule has 15 nitrogen and oxygen atoms in total. The third-order valence-corrected chi connectivity index (χ3v) is 10.5. The number of hydrogen-bond donors (Lipinski definition) is 3. The van der Waals surface area contributed by atoms with E-state index >= 15 is 0 Å². The Kier molecular flexibility index (Phi) is 9.96. The number of likely N-dealkylation sites (tertiary alicyclic amines) is 1. The van der Waals surface area contributed by atoms with Crippen LogP contribution in [0.1, 0.15) is 12.8 Å². The molecule has 51 heavy (non-hydrogen) atoms. The first-order valence-electron chi connectivity index (χ1n) is 16.7. The number of halogens is 1. The highest BCUT2D eigenvalue weighted by Gasteiger charge is 2.28. The lowest BCUT2D eigenvalue weighted by atomic mass is 10.0. The summed E-state index contributed by atoms with van der Waals surface area (Å²) in [5.74, 6) is 1.34. The van der Waals surface area contributed by atoms with Gasteiger partial charge in [-0.1, -0.05) is 0 Å². The van der Waals surface area contributed by atoms with Crippen LogP contribution in [0.15, 0.2) is 59.7 Å². The van der Waals surface area contributed by atoms with Crippen molar-refractivity contribution in [1.82, 2.24) is 39.5 Å². The molecule has 0 amide bonds. The van der Waals surface area contributed by atoms with E-state index in [-0.39, 0.29) is 5.69 Å². The van der Waals surface area contributed by atoms with E-state index in [0.29, 0.717) is 50.4 Å². The summed E-state index contributed by atoms with van der Waals surface area (Å²) in [5, 5.41) is 11.1. The zero-order valence-corrected chi connectivity index (χ0v) is 31.4. The third kappa shape index (κ3) is 7.85. The second-order valence-electron chi connectivity index (χ2n) is 13.0. The monoisotopic (exact) mass is 776 g/mol. The van der Waals surface area contributed by atoms with Crippen LogP contribution in [0.2, 0.25) is 0 Å². The van der Waals surface area contributed by atoms with Gasteiger partial charge >= 0.3 is 0 Å². The minimum atomic E-state index is -3.64. The number of rotatable bonds is 10. The number of ether oxygens (including phenoxy) is 1. The van der Waals surface area contributed by atoms with Gasteiger partial charge in [-0.15, -0.1) is 0 Å². The first-order chi connectivity index (χ1) is 24.5. The number of hydrogen-bond acceptors (Lipinski definition) is 13. The average molecular weight is 778 g/mol. The van der Waals surface area contributed by atoms with Gasteiger partial charge in [0.2, 0.25) is 16.0 Å². The van der Waals surface area contributed by atoms with Gasteiger partial charge in [0.25, 0.3) is 0 Å². The Morgan fingerprint density at radius 2 is 1.69 bits per heavy atom. The minimum Gasteiger partial charge on any atom is -0.494 e. The van der Waals surface area contributed by atoms with Crippen molar-refractivity contribution in [3.05, 3.63) is 59.7 Å². The fraction of sp³-hybridized carbons (Fsp3) is 0.382. The predicted molar refractivity (Wildman–Crippen MR) is 204 cm³/mol. The zero-order valence-electron chi connectivity index (χ0n) is 29.0. The largest absolute Gasteiger partial charge is 0.494 e. The molecule has 2 aliphatic rings. The Hall–Kier alpha value is -4.58. The van der Waals surface area contributed by atoms with E-state index < -0.39 is 10.0 Å². The molecule has 0 radical (unpaired) electrons. The Morgan fingerprint density at radius 3 is 2.39 bits per heavy atom. The van der Waals surface area contributed by atoms with Crippen LogP contribution in [0.3, 0.4) is 0 Å². The molecule has 3 aromatic heterocycles. The van der Waals surface area contributed by atoms with E-state index in [1.807, 2.05) is 19.4 Å². The molecule has 3 N–H and O–H groups in total. The molecule has 0 unspecified atom stereocenters. The van der Waals surface area contributed by atoms with Crippen LogP contribution < -0.4 is 25.0 Å². The smallest absolute Gasteiger partial charge is 0.229 e. The average Bonchev–Trinajstić information content (AvgIpc) is 3.56. The number of nitrogens with one attached hydrogen (secondary N) is 3. The molecule has 2 fully saturated rings. The lowest BCUT2D eigenvalue weighted by Gasteiger charge is -2.43. The Balaban J connectivity index is 1.18. The number of aromatic nitrogens is 6. The quantitative estimate of drug-likeness (QED) is 0.180. The maximum absolute atomic E-state index is 12.3. The lowest BCUT2D eigenvalue weighted by molar-refractivity contribution is 0.115. The van der Waals surface area contributed by atoms with Crippen LogP contribution in [0.5, 0.6) is 5.75 Å². The van der Waals surface area contributed by atoms with Crippen molar-refractivity contribution in [2.75, 3.05) is 79.9 Å². The van der Waals surface area contributed by atoms with Crippen molar-refractivity contribution in [2.24, 2.45) is 7.05 Å².